The molecule has 12 heavy (non-hydrogen) atoms. The number of anilines is 2. The summed E-state index contributed by atoms with van der Waals surface area (Å²) in [5.74, 6) is -0.163. The van der Waals surface area contributed by atoms with Crippen LogP contribution in [0.2, 0.25) is 0 Å². The molecule has 1 aliphatic rings. The highest BCUT2D eigenvalue weighted by molar-refractivity contribution is 5.75. The number of hydrogen-bond acceptors (Lipinski definition) is 2. The Morgan fingerprint density at radius 2 is 2.42 bits per heavy atom. The summed E-state index contributed by atoms with van der Waals surface area (Å²) in [4.78, 5) is 2.10. The molecule has 0 bridgehead atoms. The largest absolute Gasteiger partial charge is 0.364 e. The molecule has 64 valence electrons. The summed E-state index contributed by atoms with van der Waals surface area (Å²) in [7, 11) is 0. The number of fused-ring (bicyclic) bond motifs is 1. The van der Waals surface area contributed by atoms with Gasteiger partial charge in [-0.25, -0.2) is 4.39 Å². The van der Waals surface area contributed by atoms with Crippen molar-refractivity contribution in [2.45, 2.75) is 6.92 Å². The number of nitrogens with zero attached hydrogens (tertiary/aromatic N) is 1. The highest BCUT2D eigenvalue weighted by Gasteiger charge is 2.19. The van der Waals surface area contributed by atoms with Crippen LogP contribution in [0.15, 0.2) is 18.2 Å². The van der Waals surface area contributed by atoms with E-state index in [1.54, 1.807) is 6.07 Å². The van der Waals surface area contributed by atoms with Crippen molar-refractivity contribution in [2.24, 2.45) is 0 Å². The maximum absolute atomic E-state index is 13.1. The molecule has 0 unspecified atom stereocenters. The molecule has 1 aliphatic heterocycles. The highest BCUT2D eigenvalue weighted by atomic mass is 19.1. The Hall–Kier alpha value is -1.25. The van der Waals surface area contributed by atoms with E-state index in [2.05, 4.69) is 17.1 Å². The minimum atomic E-state index is -0.163. The lowest BCUT2D eigenvalue weighted by atomic mass is 10.2. The molecule has 0 saturated heterocycles. The number of hydrogen-bond donors (Lipinski definition) is 1. The average Bonchev–Trinajstić information content (AvgIpc) is 2.49. The third-order valence-corrected chi connectivity index (χ3v) is 2.16. The quantitative estimate of drug-likeness (QED) is 0.686. The molecule has 2 nitrogen and oxygen atoms in total. The molecule has 2 rings (SSSR count). The monoisotopic (exact) mass is 166 g/mol. The molecule has 0 aromatic heterocycles. The van der Waals surface area contributed by atoms with Gasteiger partial charge < -0.3 is 10.2 Å². The standard InChI is InChI=1S/C9H11FN2/c1-2-12-6-11-9-7(10)4-3-5-8(9)12/h3-5,11H,2,6H2,1H3. The van der Waals surface area contributed by atoms with Crippen LogP contribution in [0.5, 0.6) is 0 Å². The van der Waals surface area contributed by atoms with E-state index < -0.39 is 0 Å². The summed E-state index contributed by atoms with van der Waals surface area (Å²) in [6, 6.07) is 5.15. The number of rotatable bonds is 1. The van der Waals surface area contributed by atoms with Crippen LogP contribution >= 0.6 is 0 Å². The number of benzene rings is 1. The first-order chi connectivity index (χ1) is 5.83. The zero-order valence-electron chi connectivity index (χ0n) is 6.97. The van der Waals surface area contributed by atoms with Gasteiger partial charge in [0.15, 0.2) is 0 Å². The molecule has 3 heteroatoms. The zero-order valence-corrected chi connectivity index (χ0v) is 6.97. The maximum atomic E-state index is 13.1. The van der Waals surface area contributed by atoms with Crippen molar-refractivity contribution in [3.05, 3.63) is 24.0 Å². The van der Waals surface area contributed by atoms with Crippen LogP contribution in [0.4, 0.5) is 15.8 Å². The topological polar surface area (TPSA) is 15.3 Å². The van der Waals surface area contributed by atoms with Crippen LogP contribution in [0, 0.1) is 5.82 Å². The Morgan fingerprint density at radius 3 is 3.17 bits per heavy atom. The van der Waals surface area contributed by atoms with E-state index in [0.717, 1.165) is 12.2 Å². The summed E-state index contributed by atoms with van der Waals surface area (Å²) in [6.45, 7) is 3.68. The predicted molar refractivity (Wildman–Crippen MR) is 47.9 cm³/mol. The molecule has 0 atom stereocenters. The third kappa shape index (κ3) is 0.932. The SMILES string of the molecule is CCN1CNc2c(F)cccc21. The van der Waals surface area contributed by atoms with E-state index in [-0.39, 0.29) is 5.82 Å². The summed E-state index contributed by atoms with van der Waals surface area (Å²) in [5.41, 5.74) is 1.61. The fourth-order valence-electron chi connectivity index (χ4n) is 1.49. The molecule has 1 N–H and O–H groups in total. The van der Waals surface area contributed by atoms with Crippen LogP contribution in [-0.2, 0) is 0 Å². The summed E-state index contributed by atoms with van der Waals surface area (Å²) in [5, 5.41) is 3.02. The van der Waals surface area contributed by atoms with E-state index in [9.17, 15) is 4.39 Å². The van der Waals surface area contributed by atoms with Crippen molar-refractivity contribution in [2.75, 3.05) is 23.4 Å². The lowest BCUT2D eigenvalue weighted by Gasteiger charge is -2.13. The van der Waals surface area contributed by atoms with Crippen molar-refractivity contribution in [1.82, 2.24) is 0 Å². The van der Waals surface area contributed by atoms with Gasteiger partial charge in [0.25, 0.3) is 0 Å². The molecule has 0 saturated carbocycles. The first kappa shape index (κ1) is 7.40. The Labute approximate surface area is 71.0 Å². The molecule has 0 aliphatic carbocycles. The van der Waals surface area contributed by atoms with Gasteiger partial charge >= 0.3 is 0 Å². The lowest BCUT2D eigenvalue weighted by molar-refractivity contribution is 0.632. The Balaban J connectivity index is 2.46. The van der Waals surface area contributed by atoms with E-state index in [4.69, 9.17) is 0 Å². The van der Waals surface area contributed by atoms with Crippen LogP contribution in [0.3, 0.4) is 0 Å². The smallest absolute Gasteiger partial charge is 0.148 e. The van der Waals surface area contributed by atoms with Crippen molar-refractivity contribution >= 4 is 11.4 Å². The van der Waals surface area contributed by atoms with Gasteiger partial charge in [-0.1, -0.05) is 6.07 Å². The first-order valence-corrected chi connectivity index (χ1v) is 4.10. The molecular formula is C9H11FN2. The van der Waals surface area contributed by atoms with Gasteiger partial charge in [-0.3, -0.25) is 0 Å². The Morgan fingerprint density at radius 1 is 1.58 bits per heavy atom. The second-order valence-electron chi connectivity index (χ2n) is 2.82. The summed E-state index contributed by atoms with van der Waals surface area (Å²) >= 11 is 0. The molecule has 1 aromatic rings. The fourth-order valence-corrected chi connectivity index (χ4v) is 1.49. The van der Waals surface area contributed by atoms with Crippen LogP contribution in [0.25, 0.3) is 0 Å². The lowest BCUT2D eigenvalue weighted by Crippen LogP contribution is -2.21. The summed E-state index contributed by atoms with van der Waals surface area (Å²) in [6.07, 6.45) is 0. The van der Waals surface area contributed by atoms with Gasteiger partial charge in [-0.15, -0.1) is 0 Å². The van der Waals surface area contributed by atoms with Crippen LogP contribution < -0.4 is 10.2 Å². The van der Waals surface area contributed by atoms with Gasteiger partial charge in [0, 0.05) is 6.54 Å². The average molecular weight is 166 g/mol. The number of halogens is 1. The molecular weight excluding hydrogens is 155 g/mol. The molecule has 0 fully saturated rings. The van der Waals surface area contributed by atoms with Gasteiger partial charge in [0.2, 0.25) is 0 Å². The third-order valence-electron chi connectivity index (χ3n) is 2.16. The van der Waals surface area contributed by atoms with Gasteiger partial charge in [-0.2, -0.15) is 0 Å². The minimum absolute atomic E-state index is 0.163. The van der Waals surface area contributed by atoms with Crippen LogP contribution in [0.1, 0.15) is 6.92 Å². The Kier molecular flexibility index (Phi) is 1.64. The molecule has 0 spiro atoms. The van der Waals surface area contributed by atoms with Crippen molar-refractivity contribution in [3.8, 4) is 0 Å². The Bertz CT molecular complexity index is 299. The van der Waals surface area contributed by atoms with Crippen molar-refractivity contribution in [3.63, 3.8) is 0 Å². The van der Waals surface area contributed by atoms with Crippen molar-refractivity contribution in [1.29, 1.82) is 0 Å². The fraction of sp³-hybridized carbons (Fsp3) is 0.333. The predicted octanol–water partition coefficient (Wildman–Crippen LogP) is 2.03. The maximum Gasteiger partial charge on any atom is 0.148 e. The van der Waals surface area contributed by atoms with E-state index in [0.29, 0.717) is 12.4 Å². The molecule has 1 aromatic carbocycles. The van der Waals surface area contributed by atoms with E-state index in [1.807, 2.05) is 6.07 Å². The van der Waals surface area contributed by atoms with E-state index in [1.165, 1.54) is 6.07 Å². The number of para-hydroxylation sites is 1. The van der Waals surface area contributed by atoms with Crippen LogP contribution in [-0.4, -0.2) is 13.2 Å². The molecule has 1 heterocycles. The first-order valence-electron chi connectivity index (χ1n) is 4.10. The second kappa shape index (κ2) is 2.66. The van der Waals surface area contributed by atoms with E-state index >= 15 is 0 Å². The number of nitrogens with one attached hydrogen (secondary N) is 1. The van der Waals surface area contributed by atoms with Gasteiger partial charge in [-0.05, 0) is 19.1 Å². The second-order valence-corrected chi connectivity index (χ2v) is 2.82. The van der Waals surface area contributed by atoms with Gasteiger partial charge in [0.05, 0.1) is 18.0 Å². The van der Waals surface area contributed by atoms with Gasteiger partial charge in [0.1, 0.15) is 5.82 Å². The summed E-state index contributed by atoms with van der Waals surface area (Å²) < 4.78 is 13.1. The molecule has 0 radical (unpaired) electrons. The van der Waals surface area contributed by atoms with Crippen molar-refractivity contribution < 1.29 is 4.39 Å². The zero-order chi connectivity index (χ0) is 8.55. The molecule has 0 amide bonds. The highest BCUT2D eigenvalue weighted by Crippen LogP contribution is 2.32. The minimum Gasteiger partial charge on any atom is -0.364 e. The normalized spacial score (nSPS) is 14.3.